The first-order valence-electron chi connectivity index (χ1n) is 6.34. The number of rotatable bonds is 3. The summed E-state index contributed by atoms with van der Waals surface area (Å²) in [7, 11) is 0. The van der Waals surface area contributed by atoms with Crippen molar-refractivity contribution in [2.75, 3.05) is 0 Å². The summed E-state index contributed by atoms with van der Waals surface area (Å²) >= 11 is 0. The molecule has 2 rings (SSSR count). The lowest BCUT2D eigenvalue weighted by molar-refractivity contribution is 0.621. The number of aryl methyl sites for hydroxylation is 1. The summed E-state index contributed by atoms with van der Waals surface area (Å²) in [5, 5.41) is 1.34. The summed E-state index contributed by atoms with van der Waals surface area (Å²) in [5.41, 5.74) is 5.22. The molecule has 1 aromatic carbocycles. The molecule has 0 unspecified atom stereocenters. The van der Waals surface area contributed by atoms with Gasteiger partial charge >= 0.3 is 0 Å². The minimum absolute atomic E-state index is 0.485. The third-order valence-corrected chi connectivity index (χ3v) is 3.33. The van der Waals surface area contributed by atoms with E-state index in [0.717, 1.165) is 12.0 Å². The van der Waals surface area contributed by atoms with E-state index in [1.54, 1.807) is 0 Å². The lowest BCUT2D eigenvalue weighted by Gasteiger charge is -2.11. The maximum atomic E-state index is 4.09. The van der Waals surface area contributed by atoms with Gasteiger partial charge in [-0.05, 0) is 38.3 Å². The molecule has 0 fully saturated rings. The molecule has 0 spiro atoms. The van der Waals surface area contributed by atoms with Gasteiger partial charge in [0.15, 0.2) is 0 Å². The molecule has 2 aromatic rings. The number of fused-ring (bicyclic) bond motifs is 1. The van der Waals surface area contributed by atoms with E-state index in [1.807, 2.05) is 0 Å². The standard InChI is InChI=1S/C16H21N/c1-6-13-8-7-9-14-15(11(2)3)10-17(12(4)5)16(13)14/h7-10,12H,2,6H2,1,3-5H3. The second-order valence-electron chi connectivity index (χ2n) is 4.99. The van der Waals surface area contributed by atoms with E-state index in [0.29, 0.717) is 6.04 Å². The second kappa shape index (κ2) is 4.40. The molecule has 90 valence electrons. The zero-order valence-electron chi connectivity index (χ0n) is 11.2. The predicted octanol–water partition coefficient (Wildman–Crippen LogP) is 4.82. The largest absolute Gasteiger partial charge is 0.344 e. The van der Waals surface area contributed by atoms with Gasteiger partial charge in [0.25, 0.3) is 0 Å². The summed E-state index contributed by atoms with van der Waals surface area (Å²) < 4.78 is 2.37. The number of allylic oxidation sites excluding steroid dienone is 1. The molecule has 0 aliphatic rings. The lowest BCUT2D eigenvalue weighted by atomic mass is 10.0. The Morgan fingerprint density at radius 3 is 2.59 bits per heavy atom. The molecule has 0 saturated carbocycles. The van der Waals surface area contributed by atoms with Crippen LogP contribution in [0.3, 0.4) is 0 Å². The van der Waals surface area contributed by atoms with Gasteiger partial charge in [-0.25, -0.2) is 0 Å². The van der Waals surface area contributed by atoms with E-state index in [-0.39, 0.29) is 0 Å². The highest BCUT2D eigenvalue weighted by Gasteiger charge is 2.13. The molecular formula is C16H21N. The first-order chi connectivity index (χ1) is 8.06. The van der Waals surface area contributed by atoms with Crippen molar-refractivity contribution in [2.45, 2.75) is 40.2 Å². The molecule has 17 heavy (non-hydrogen) atoms. The van der Waals surface area contributed by atoms with Crippen LogP contribution in [0.2, 0.25) is 0 Å². The summed E-state index contributed by atoms with van der Waals surface area (Å²) in [4.78, 5) is 0. The van der Waals surface area contributed by atoms with E-state index in [2.05, 4.69) is 63.2 Å². The summed E-state index contributed by atoms with van der Waals surface area (Å²) in [6, 6.07) is 7.07. The zero-order chi connectivity index (χ0) is 12.6. The molecule has 0 bridgehead atoms. The van der Waals surface area contributed by atoms with Crippen LogP contribution < -0.4 is 0 Å². The maximum Gasteiger partial charge on any atom is 0.0521 e. The monoisotopic (exact) mass is 227 g/mol. The molecule has 0 atom stereocenters. The van der Waals surface area contributed by atoms with Crippen LogP contribution in [-0.2, 0) is 6.42 Å². The quantitative estimate of drug-likeness (QED) is 0.708. The van der Waals surface area contributed by atoms with Crippen molar-refractivity contribution in [1.82, 2.24) is 4.57 Å². The van der Waals surface area contributed by atoms with Crippen LogP contribution in [0.15, 0.2) is 31.0 Å². The molecule has 0 N–H and O–H groups in total. The summed E-state index contributed by atoms with van der Waals surface area (Å²) in [6.07, 6.45) is 3.32. The fourth-order valence-corrected chi connectivity index (χ4v) is 2.42. The molecule has 0 aliphatic heterocycles. The van der Waals surface area contributed by atoms with Gasteiger partial charge in [-0.3, -0.25) is 0 Å². The fourth-order valence-electron chi connectivity index (χ4n) is 2.42. The Bertz CT molecular complexity index is 558. The van der Waals surface area contributed by atoms with E-state index < -0.39 is 0 Å². The zero-order valence-corrected chi connectivity index (χ0v) is 11.2. The molecule has 0 aliphatic carbocycles. The van der Waals surface area contributed by atoms with Crippen LogP contribution in [0.25, 0.3) is 16.5 Å². The van der Waals surface area contributed by atoms with Gasteiger partial charge in [0, 0.05) is 23.2 Å². The Labute approximate surface area is 104 Å². The van der Waals surface area contributed by atoms with Gasteiger partial charge in [-0.2, -0.15) is 0 Å². The average Bonchev–Trinajstić information content (AvgIpc) is 2.68. The summed E-state index contributed by atoms with van der Waals surface area (Å²) in [5.74, 6) is 0. The van der Waals surface area contributed by atoms with E-state index in [1.165, 1.54) is 22.0 Å². The normalized spacial score (nSPS) is 11.4. The molecule has 0 amide bonds. The van der Waals surface area contributed by atoms with Crippen molar-refractivity contribution in [3.05, 3.63) is 42.1 Å². The number of hydrogen-bond acceptors (Lipinski definition) is 0. The van der Waals surface area contributed by atoms with Crippen LogP contribution in [0.4, 0.5) is 0 Å². The highest BCUT2D eigenvalue weighted by atomic mass is 15.0. The number of benzene rings is 1. The topological polar surface area (TPSA) is 4.93 Å². The number of nitrogens with zero attached hydrogens (tertiary/aromatic N) is 1. The molecule has 0 saturated heterocycles. The predicted molar refractivity (Wildman–Crippen MR) is 76.4 cm³/mol. The Morgan fingerprint density at radius 2 is 2.06 bits per heavy atom. The molecule has 0 radical (unpaired) electrons. The molecule has 1 nitrogen and oxygen atoms in total. The Morgan fingerprint density at radius 1 is 1.35 bits per heavy atom. The SMILES string of the molecule is C=C(C)c1cn(C(C)C)c2c(CC)cccc12. The van der Waals surface area contributed by atoms with Gasteiger partial charge < -0.3 is 4.57 Å². The number of hydrogen-bond donors (Lipinski definition) is 0. The van der Waals surface area contributed by atoms with Crippen LogP contribution in [-0.4, -0.2) is 4.57 Å². The van der Waals surface area contributed by atoms with Gasteiger partial charge in [-0.15, -0.1) is 0 Å². The highest BCUT2D eigenvalue weighted by Crippen LogP contribution is 2.31. The Kier molecular flexibility index (Phi) is 3.10. The van der Waals surface area contributed by atoms with Gasteiger partial charge in [0.2, 0.25) is 0 Å². The van der Waals surface area contributed by atoms with Crippen molar-refractivity contribution >= 4 is 16.5 Å². The minimum Gasteiger partial charge on any atom is -0.344 e. The van der Waals surface area contributed by atoms with E-state index >= 15 is 0 Å². The van der Waals surface area contributed by atoms with Gasteiger partial charge in [0.05, 0.1) is 5.52 Å². The maximum absolute atomic E-state index is 4.09. The smallest absolute Gasteiger partial charge is 0.0521 e. The Hall–Kier alpha value is -1.50. The first-order valence-corrected chi connectivity index (χ1v) is 6.34. The van der Waals surface area contributed by atoms with Gasteiger partial charge in [-0.1, -0.05) is 31.7 Å². The number of aromatic nitrogens is 1. The molecule has 1 aromatic heterocycles. The minimum atomic E-state index is 0.485. The van der Waals surface area contributed by atoms with Crippen LogP contribution in [0.1, 0.15) is 44.9 Å². The second-order valence-corrected chi connectivity index (χ2v) is 4.99. The van der Waals surface area contributed by atoms with Crippen molar-refractivity contribution < 1.29 is 0 Å². The van der Waals surface area contributed by atoms with Crippen molar-refractivity contribution in [2.24, 2.45) is 0 Å². The van der Waals surface area contributed by atoms with Crippen molar-refractivity contribution in [3.8, 4) is 0 Å². The molecular weight excluding hydrogens is 206 g/mol. The third kappa shape index (κ3) is 1.90. The average molecular weight is 227 g/mol. The first kappa shape index (κ1) is 12.0. The fraction of sp³-hybridized carbons (Fsp3) is 0.375. The van der Waals surface area contributed by atoms with E-state index in [9.17, 15) is 0 Å². The number of para-hydroxylation sites is 1. The summed E-state index contributed by atoms with van der Waals surface area (Å²) in [6.45, 7) is 12.8. The lowest BCUT2D eigenvalue weighted by Crippen LogP contribution is -2.00. The van der Waals surface area contributed by atoms with Gasteiger partial charge in [0.1, 0.15) is 0 Å². The van der Waals surface area contributed by atoms with E-state index in [4.69, 9.17) is 0 Å². The van der Waals surface area contributed by atoms with Crippen LogP contribution in [0, 0.1) is 0 Å². The van der Waals surface area contributed by atoms with Crippen LogP contribution >= 0.6 is 0 Å². The van der Waals surface area contributed by atoms with Crippen LogP contribution in [0.5, 0.6) is 0 Å². The highest BCUT2D eigenvalue weighted by molar-refractivity contribution is 5.94. The molecule has 1 heteroatoms. The molecule has 1 heterocycles. The third-order valence-electron chi connectivity index (χ3n) is 3.33. The van der Waals surface area contributed by atoms with Crippen molar-refractivity contribution in [1.29, 1.82) is 0 Å². The van der Waals surface area contributed by atoms with Crippen molar-refractivity contribution in [3.63, 3.8) is 0 Å². The Balaban J connectivity index is 2.86.